The predicted octanol–water partition coefficient (Wildman–Crippen LogP) is 3.54. The summed E-state index contributed by atoms with van der Waals surface area (Å²) in [6.45, 7) is 7.04. The minimum atomic E-state index is -0.196. The first-order valence-corrected chi connectivity index (χ1v) is 5.74. The Morgan fingerprint density at radius 1 is 1.41 bits per heavy atom. The molecule has 0 aliphatic carbocycles. The standard InChI is InChI=1S/C14H17FN.Ir/c1-10-9-11(5-6-12(10)15)13-14(2,3)7-4-8-16-13;/h6,9H,4,7-8H2,1-3H3;/q-1;. The van der Waals surface area contributed by atoms with Crippen LogP contribution in [0.4, 0.5) is 4.39 Å². The zero-order valence-electron chi connectivity index (χ0n) is 10.4. The topological polar surface area (TPSA) is 12.4 Å². The SMILES string of the molecule is Cc1cc(C2=NCCCC2(C)C)[c-]cc1F.[Ir]. The third-order valence-corrected chi connectivity index (χ3v) is 3.22. The summed E-state index contributed by atoms with van der Waals surface area (Å²) in [6.07, 6.45) is 2.27. The van der Waals surface area contributed by atoms with E-state index in [1.165, 1.54) is 6.07 Å². The van der Waals surface area contributed by atoms with Crippen molar-refractivity contribution in [1.82, 2.24) is 0 Å². The maximum Gasteiger partial charge on any atom is 0.0408 e. The molecule has 1 aliphatic heterocycles. The van der Waals surface area contributed by atoms with Crippen LogP contribution in [0.5, 0.6) is 0 Å². The van der Waals surface area contributed by atoms with Gasteiger partial charge in [0.25, 0.3) is 0 Å². The molecule has 0 fully saturated rings. The number of hydrogen-bond acceptors (Lipinski definition) is 1. The van der Waals surface area contributed by atoms with Gasteiger partial charge in [-0.1, -0.05) is 26.3 Å². The molecule has 0 atom stereocenters. The number of rotatable bonds is 1. The normalized spacial score (nSPS) is 18.2. The molecule has 1 nitrogen and oxygen atoms in total. The molecule has 1 aromatic carbocycles. The summed E-state index contributed by atoms with van der Waals surface area (Å²) >= 11 is 0. The number of nitrogens with zero attached hydrogens (tertiary/aromatic N) is 1. The first kappa shape index (κ1) is 14.5. The van der Waals surface area contributed by atoms with Crippen LogP contribution in [-0.2, 0) is 20.1 Å². The van der Waals surface area contributed by atoms with Crippen molar-refractivity contribution in [3.05, 3.63) is 35.1 Å². The summed E-state index contributed by atoms with van der Waals surface area (Å²) in [5.74, 6) is -0.196. The molecule has 0 spiro atoms. The van der Waals surface area contributed by atoms with Crippen molar-refractivity contribution in [2.24, 2.45) is 10.4 Å². The molecule has 1 aliphatic rings. The number of halogens is 1. The van der Waals surface area contributed by atoms with Gasteiger partial charge in [0.1, 0.15) is 0 Å². The van der Waals surface area contributed by atoms with E-state index in [2.05, 4.69) is 24.9 Å². The Balaban J connectivity index is 0.00000144. The zero-order chi connectivity index (χ0) is 11.8. The van der Waals surface area contributed by atoms with Crippen LogP contribution in [0, 0.1) is 24.2 Å². The van der Waals surface area contributed by atoms with Crippen LogP contribution in [0.3, 0.4) is 0 Å². The summed E-state index contributed by atoms with van der Waals surface area (Å²) in [7, 11) is 0. The Labute approximate surface area is 116 Å². The molecule has 0 aromatic heterocycles. The molecule has 0 unspecified atom stereocenters. The van der Waals surface area contributed by atoms with E-state index in [1.807, 2.05) is 6.07 Å². The van der Waals surface area contributed by atoms with E-state index < -0.39 is 0 Å². The van der Waals surface area contributed by atoms with E-state index in [4.69, 9.17) is 0 Å². The molecular weight excluding hydrogens is 393 g/mol. The van der Waals surface area contributed by atoms with E-state index in [0.717, 1.165) is 30.7 Å². The van der Waals surface area contributed by atoms with Gasteiger partial charge in [0.15, 0.2) is 0 Å². The molecule has 0 bridgehead atoms. The molecular formula is C14H17FIrN-. The summed E-state index contributed by atoms with van der Waals surface area (Å²) in [4.78, 5) is 4.59. The van der Waals surface area contributed by atoms with E-state index in [0.29, 0.717) is 5.56 Å². The third-order valence-electron chi connectivity index (χ3n) is 3.22. The van der Waals surface area contributed by atoms with Gasteiger partial charge in [-0.3, -0.25) is 4.39 Å². The maximum atomic E-state index is 13.2. The number of benzene rings is 1. The van der Waals surface area contributed by atoms with Crippen molar-refractivity contribution in [2.45, 2.75) is 33.6 Å². The number of hydrogen-bond donors (Lipinski definition) is 0. The van der Waals surface area contributed by atoms with Crippen molar-refractivity contribution in [3.63, 3.8) is 0 Å². The minimum absolute atomic E-state index is 0. The number of aliphatic imine (C=N–C) groups is 1. The zero-order valence-corrected chi connectivity index (χ0v) is 12.8. The van der Waals surface area contributed by atoms with Crippen molar-refractivity contribution in [2.75, 3.05) is 6.54 Å². The number of aryl methyl sites for hydroxylation is 1. The molecule has 0 N–H and O–H groups in total. The molecule has 0 amide bonds. The van der Waals surface area contributed by atoms with Crippen LogP contribution in [0.25, 0.3) is 0 Å². The van der Waals surface area contributed by atoms with Gasteiger partial charge in [0.05, 0.1) is 0 Å². The minimum Gasteiger partial charge on any atom is -0.337 e. The smallest absolute Gasteiger partial charge is 0.0408 e. The monoisotopic (exact) mass is 411 g/mol. The molecule has 95 valence electrons. The average molecular weight is 411 g/mol. The Kier molecular flexibility index (Phi) is 4.62. The van der Waals surface area contributed by atoms with E-state index in [-0.39, 0.29) is 31.3 Å². The van der Waals surface area contributed by atoms with Crippen molar-refractivity contribution in [3.8, 4) is 0 Å². The third kappa shape index (κ3) is 3.02. The van der Waals surface area contributed by atoms with Gasteiger partial charge in [-0.05, 0) is 24.0 Å². The Morgan fingerprint density at radius 3 is 2.71 bits per heavy atom. The molecule has 0 saturated heterocycles. The van der Waals surface area contributed by atoms with Gasteiger partial charge in [-0.25, -0.2) is 0 Å². The molecule has 1 heterocycles. The van der Waals surface area contributed by atoms with E-state index in [1.54, 1.807) is 6.92 Å². The fourth-order valence-corrected chi connectivity index (χ4v) is 2.21. The van der Waals surface area contributed by atoms with Gasteiger partial charge in [0.2, 0.25) is 0 Å². The summed E-state index contributed by atoms with van der Waals surface area (Å²) in [5, 5.41) is 0. The maximum absolute atomic E-state index is 13.2. The fraction of sp³-hybridized carbons (Fsp3) is 0.500. The van der Waals surface area contributed by atoms with Gasteiger partial charge in [-0.2, -0.15) is 0 Å². The average Bonchev–Trinajstić information content (AvgIpc) is 2.22. The van der Waals surface area contributed by atoms with Crippen LogP contribution >= 0.6 is 0 Å². The van der Waals surface area contributed by atoms with Crippen LogP contribution in [-0.4, -0.2) is 12.3 Å². The Hall–Kier alpha value is -0.531. The van der Waals surface area contributed by atoms with E-state index in [9.17, 15) is 4.39 Å². The quantitative estimate of drug-likeness (QED) is 0.628. The largest absolute Gasteiger partial charge is 0.337 e. The summed E-state index contributed by atoms with van der Waals surface area (Å²) in [6, 6.07) is 6.26. The summed E-state index contributed by atoms with van der Waals surface area (Å²) < 4.78 is 13.2. The van der Waals surface area contributed by atoms with Crippen LogP contribution in [0.15, 0.2) is 17.1 Å². The Morgan fingerprint density at radius 2 is 2.12 bits per heavy atom. The first-order valence-electron chi connectivity index (χ1n) is 5.74. The second-order valence-corrected chi connectivity index (χ2v) is 5.10. The first-order chi connectivity index (χ1) is 7.50. The summed E-state index contributed by atoms with van der Waals surface area (Å²) in [5.41, 5.74) is 2.77. The Bertz CT molecular complexity index is 438. The van der Waals surface area contributed by atoms with Gasteiger partial charge in [-0.15, -0.1) is 23.8 Å². The van der Waals surface area contributed by atoms with Crippen molar-refractivity contribution >= 4 is 5.71 Å². The molecule has 2 rings (SSSR count). The predicted molar refractivity (Wildman–Crippen MR) is 64.4 cm³/mol. The van der Waals surface area contributed by atoms with Gasteiger partial charge in [0, 0.05) is 32.5 Å². The molecule has 17 heavy (non-hydrogen) atoms. The fourth-order valence-electron chi connectivity index (χ4n) is 2.21. The molecule has 0 saturated carbocycles. The van der Waals surface area contributed by atoms with Gasteiger partial charge >= 0.3 is 0 Å². The van der Waals surface area contributed by atoms with Crippen LogP contribution in [0.2, 0.25) is 0 Å². The van der Waals surface area contributed by atoms with Crippen molar-refractivity contribution < 1.29 is 24.5 Å². The second-order valence-electron chi connectivity index (χ2n) is 5.10. The van der Waals surface area contributed by atoms with Crippen LogP contribution < -0.4 is 0 Å². The van der Waals surface area contributed by atoms with Gasteiger partial charge < -0.3 is 4.99 Å². The second kappa shape index (κ2) is 5.41. The van der Waals surface area contributed by atoms with Crippen molar-refractivity contribution in [1.29, 1.82) is 0 Å². The molecule has 1 radical (unpaired) electrons. The molecule has 3 heteroatoms. The van der Waals surface area contributed by atoms with Crippen LogP contribution in [0.1, 0.15) is 37.8 Å². The van der Waals surface area contributed by atoms with E-state index >= 15 is 0 Å². The molecule has 1 aromatic rings.